The van der Waals surface area contributed by atoms with Crippen molar-refractivity contribution in [2.24, 2.45) is 0 Å². The van der Waals surface area contributed by atoms with Crippen LogP contribution in [-0.4, -0.2) is 37.8 Å². The fourth-order valence-corrected chi connectivity index (χ4v) is 3.85. The zero-order valence-electron chi connectivity index (χ0n) is 19.1. The molecule has 5 nitrogen and oxygen atoms in total. The molecule has 176 valence electrons. The van der Waals surface area contributed by atoms with E-state index in [2.05, 4.69) is 5.92 Å². The van der Waals surface area contributed by atoms with Crippen LogP contribution in [-0.2, 0) is 43.5 Å². The Morgan fingerprint density at radius 1 is 0.647 bits per heavy atom. The lowest BCUT2D eigenvalue weighted by Crippen LogP contribution is -2.56. The van der Waals surface area contributed by atoms with E-state index in [0.29, 0.717) is 26.4 Å². The van der Waals surface area contributed by atoms with E-state index in [1.54, 1.807) is 0 Å². The van der Waals surface area contributed by atoms with Crippen molar-refractivity contribution in [3.63, 3.8) is 0 Å². The molecular weight excluding hydrogens is 428 g/mol. The average Bonchev–Trinajstić information content (AvgIpc) is 2.90. The fraction of sp³-hybridized carbons (Fsp3) is 0.310. The Morgan fingerprint density at radius 2 is 1.15 bits per heavy atom. The Hall–Kier alpha value is -2.98. The molecule has 1 aliphatic heterocycles. The van der Waals surface area contributed by atoms with Gasteiger partial charge in [-0.15, -0.1) is 6.42 Å². The van der Waals surface area contributed by atoms with Gasteiger partial charge in [0.25, 0.3) is 0 Å². The van der Waals surface area contributed by atoms with Gasteiger partial charge in [0.15, 0.2) is 6.29 Å². The van der Waals surface area contributed by atoms with Crippen LogP contribution in [0.25, 0.3) is 0 Å². The van der Waals surface area contributed by atoms with E-state index < -0.39 is 18.5 Å². The minimum atomic E-state index is -0.622. The van der Waals surface area contributed by atoms with E-state index in [-0.39, 0.29) is 12.7 Å². The summed E-state index contributed by atoms with van der Waals surface area (Å²) in [4.78, 5) is 0. The molecule has 0 aromatic heterocycles. The molecule has 0 aliphatic carbocycles. The Balaban J connectivity index is 1.49. The third kappa shape index (κ3) is 7.01. The average molecular weight is 459 g/mol. The summed E-state index contributed by atoms with van der Waals surface area (Å²) in [6, 6.07) is 30.0. The molecule has 34 heavy (non-hydrogen) atoms. The molecule has 3 aromatic carbocycles. The Morgan fingerprint density at radius 3 is 1.68 bits per heavy atom. The Kier molecular flexibility index (Phi) is 9.27. The van der Waals surface area contributed by atoms with Crippen LogP contribution in [0.2, 0.25) is 0 Å². The quantitative estimate of drug-likeness (QED) is 0.388. The molecule has 3 aromatic rings. The first-order valence-corrected chi connectivity index (χ1v) is 11.5. The SMILES string of the molecule is C#CCO[C@@H]1[C@@H](OCc2ccccc2)[C@@H](OCc2ccccc2)OC[C@H]1OCc1ccccc1. The zero-order chi connectivity index (χ0) is 23.4. The summed E-state index contributed by atoms with van der Waals surface area (Å²) in [5.41, 5.74) is 3.17. The number of hydrogen-bond acceptors (Lipinski definition) is 5. The van der Waals surface area contributed by atoms with Gasteiger partial charge in [0.05, 0.1) is 26.4 Å². The van der Waals surface area contributed by atoms with Crippen molar-refractivity contribution in [3.8, 4) is 12.3 Å². The van der Waals surface area contributed by atoms with Crippen molar-refractivity contribution in [1.82, 2.24) is 0 Å². The molecule has 0 saturated carbocycles. The summed E-state index contributed by atoms with van der Waals surface area (Å²) in [5, 5.41) is 0. The van der Waals surface area contributed by atoms with Gasteiger partial charge in [-0.3, -0.25) is 0 Å². The molecule has 5 heteroatoms. The number of benzene rings is 3. The Labute approximate surface area is 201 Å². The maximum Gasteiger partial charge on any atom is 0.186 e. The van der Waals surface area contributed by atoms with E-state index in [4.69, 9.17) is 30.1 Å². The van der Waals surface area contributed by atoms with Crippen molar-refractivity contribution in [1.29, 1.82) is 0 Å². The highest BCUT2D eigenvalue weighted by Crippen LogP contribution is 2.27. The van der Waals surface area contributed by atoms with Gasteiger partial charge in [-0.05, 0) is 16.7 Å². The summed E-state index contributed by atoms with van der Waals surface area (Å²) >= 11 is 0. The monoisotopic (exact) mass is 458 g/mol. The molecule has 0 amide bonds. The van der Waals surface area contributed by atoms with Crippen LogP contribution in [0, 0.1) is 12.3 Å². The highest BCUT2D eigenvalue weighted by Gasteiger charge is 2.43. The first kappa shape index (κ1) is 24.2. The molecule has 4 atom stereocenters. The molecule has 0 N–H and O–H groups in total. The van der Waals surface area contributed by atoms with Crippen LogP contribution in [0.3, 0.4) is 0 Å². The second-order valence-electron chi connectivity index (χ2n) is 8.07. The smallest absolute Gasteiger partial charge is 0.186 e. The normalized spacial score (nSPS) is 22.2. The predicted octanol–water partition coefficient (Wildman–Crippen LogP) is 4.75. The third-order valence-corrected chi connectivity index (χ3v) is 5.59. The van der Waals surface area contributed by atoms with Gasteiger partial charge in [0.2, 0.25) is 0 Å². The molecule has 1 fully saturated rings. The minimum absolute atomic E-state index is 0.145. The van der Waals surface area contributed by atoms with Crippen molar-refractivity contribution in [2.45, 2.75) is 44.4 Å². The Bertz CT molecular complexity index is 1000. The van der Waals surface area contributed by atoms with Crippen molar-refractivity contribution >= 4 is 0 Å². The van der Waals surface area contributed by atoms with Crippen LogP contribution in [0.1, 0.15) is 16.7 Å². The predicted molar refractivity (Wildman–Crippen MR) is 130 cm³/mol. The van der Waals surface area contributed by atoms with Gasteiger partial charge in [0, 0.05) is 0 Å². The molecule has 0 radical (unpaired) electrons. The van der Waals surface area contributed by atoms with Crippen LogP contribution >= 0.6 is 0 Å². The molecule has 0 bridgehead atoms. The maximum atomic E-state index is 6.34. The standard InChI is InChI=1S/C29H30O5/c1-2-18-30-27-26(31-19-23-12-6-3-7-13-23)22-34-29(33-21-25-16-10-5-11-17-25)28(27)32-20-24-14-8-4-9-15-24/h1,3-17,26-29H,18-22H2/t26-,27+,28-,29+/m1/s1. The lowest BCUT2D eigenvalue weighted by atomic mass is 10.0. The van der Waals surface area contributed by atoms with Gasteiger partial charge >= 0.3 is 0 Å². The zero-order valence-corrected chi connectivity index (χ0v) is 19.1. The maximum absolute atomic E-state index is 6.34. The molecule has 1 aliphatic rings. The molecule has 4 rings (SSSR count). The van der Waals surface area contributed by atoms with Gasteiger partial charge < -0.3 is 23.7 Å². The minimum Gasteiger partial charge on any atom is -0.368 e. The van der Waals surface area contributed by atoms with Crippen molar-refractivity contribution < 1.29 is 23.7 Å². The molecular formula is C29H30O5. The lowest BCUT2D eigenvalue weighted by molar-refractivity contribution is -0.299. The van der Waals surface area contributed by atoms with Gasteiger partial charge in [-0.1, -0.05) is 96.9 Å². The van der Waals surface area contributed by atoms with E-state index in [0.717, 1.165) is 16.7 Å². The first-order chi connectivity index (χ1) is 16.8. The van der Waals surface area contributed by atoms with E-state index in [9.17, 15) is 0 Å². The van der Waals surface area contributed by atoms with Crippen LogP contribution in [0.5, 0.6) is 0 Å². The summed E-state index contributed by atoms with van der Waals surface area (Å²) in [7, 11) is 0. The molecule has 1 saturated heterocycles. The molecule has 0 unspecified atom stereocenters. The van der Waals surface area contributed by atoms with E-state index in [1.807, 2.05) is 91.0 Å². The molecule has 1 heterocycles. The van der Waals surface area contributed by atoms with Crippen LogP contribution in [0.15, 0.2) is 91.0 Å². The lowest BCUT2D eigenvalue weighted by Gasteiger charge is -2.41. The van der Waals surface area contributed by atoms with E-state index >= 15 is 0 Å². The highest BCUT2D eigenvalue weighted by atomic mass is 16.7. The number of ether oxygens (including phenoxy) is 5. The topological polar surface area (TPSA) is 46.2 Å². The summed E-state index contributed by atoms with van der Waals surface area (Å²) in [6.45, 7) is 1.68. The van der Waals surface area contributed by atoms with Crippen LogP contribution in [0.4, 0.5) is 0 Å². The number of terminal acetylenes is 1. The number of rotatable bonds is 11. The summed E-state index contributed by atoms with van der Waals surface area (Å²) in [6.07, 6.45) is 3.57. The summed E-state index contributed by atoms with van der Waals surface area (Å²) in [5.74, 6) is 2.56. The highest BCUT2D eigenvalue weighted by molar-refractivity contribution is 5.15. The van der Waals surface area contributed by atoms with Gasteiger partial charge in [-0.2, -0.15) is 0 Å². The third-order valence-electron chi connectivity index (χ3n) is 5.59. The van der Waals surface area contributed by atoms with Gasteiger partial charge in [0.1, 0.15) is 24.9 Å². The summed E-state index contributed by atoms with van der Waals surface area (Å²) < 4.78 is 30.9. The van der Waals surface area contributed by atoms with Crippen molar-refractivity contribution in [2.75, 3.05) is 13.2 Å². The second-order valence-corrected chi connectivity index (χ2v) is 8.07. The van der Waals surface area contributed by atoms with Crippen LogP contribution < -0.4 is 0 Å². The van der Waals surface area contributed by atoms with Gasteiger partial charge in [-0.25, -0.2) is 0 Å². The van der Waals surface area contributed by atoms with E-state index in [1.165, 1.54) is 0 Å². The second kappa shape index (κ2) is 13.0. The largest absolute Gasteiger partial charge is 0.368 e. The number of hydrogen-bond donors (Lipinski definition) is 0. The first-order valence-electron chi connectivity index (χ1n) is 11.5. The fourth-order valence-electron chi connectivity index (χ4n) is 3.85. The van der Waals surface area contributed by atoms with Crippen molar-refractivity contribution in [3.05, 3.63) is 108 Å². The molecule has 0 spiro atoms.